The normalized spacial score (nSPS) is 13.9. The Labute approximate surface area is 141 Å². The van der Waals surface area contributed by atoms with E-state index >= 15 is 0 Å². The van der Waals surface area contributed by atoms with Crippen molar-refractivity contribution in [1.82, 2.24) is 10.2 Å². The summed E-state index contributed by atoms with van der Waals surface area (Å²) in [6.45, 7) is 17.8. The molecule has 0 aromatic rings. The van der Waals surface area contributed by atoms with Crippen molar-refractivity contribution in [2.24, 2.45) is 17.8 Å². The quantitative estimate of drug-likeness (QED) is 0.647. The maximum absolute atomic E-state index is 12.7. The number of nitrogens with one attached hydrogen (secondary N) is 1. The number of hydrogen-bond donors (Lipinski definition) is 2. The van der Waals surface area contributed by atoms with Gasteiger partial charge in [0, 0.05) is 13.1 Å². The number of carboxylic acids is 1. The predicted molar refractivity (Wildman–Crippen MR) is 94.3 cm³/mol. The van der Waals surface area contributed by atoms with Crippen LogP contribution in [0.4, 0.5) is 0 Å². The van der Waals surface area contributed by atoms with Crippen molar-refractivity contribution >= 4 is 11.9 Å². The van der Waals surface area contributed by atoms with Crippen molar-refractivity contribution in [3.05, 3.63) is 0 Å². The first-order valence-electron chi connectivity index (χ1n) is 8.66. The average molecular weight is 328 g/mol. The lowest BCUT2D eigenvalue weighted by molar-refractivity contribution is -0.144. The molecule has 5 heteroatoms. The molecule has 0 aliphatic heterocycles. The van der Waals surface area contributed by atoms with Gasteiger partial charge in [0.05, 0.1) is 5.54 Å². The van der Waals surface area contributed by atoms with Crippen LogP contribution in [0.5, 0.6) is 0 Å². The molecule has 0 saturated heterocycles. The van der Waals surface area contributed by atoms with Gasteiger partial charge in [-0.2, -0.15) is 0 Å². The van der Waals surface area contributed by atoms with Crippen molar-refractivity contribution in [3.8, 4) is 0 Å². The Morgan fingerprint density at radius 2 is 1.39 bits per heavy atom. The first-order valence-corrected chi connectivity index (χ1v) is 8.66. The van der Waals surface area contributed by atoms with Crippen molar-refractivity contribution in [1.29, 1.82) is 0 Å². The van der Waals surface area contributed by atoms with Crippen LogP contribution in [-0.2, 0) is 9.59 Å². The lowest BCUT2D eigenvalue weighted by atomic mass is 9.96. The summed E-state index contributed by atoms with van der Waals surface area (Å²) in [4.78, 5) is 26.3. The molecule has 0 aromatic heterocycles. The molecule has 0 rings (SSSR count). The van der Waals surface area contributed by atoms with E-state index in [1.165, 1.54) is 0 Å². The minimum atomic E-state index is -0.970. The second-order valence-electron chi connectivity index (χ2n) is 8.25. The molecule has 23 heavy (non-hydrogen) atoms. The molecule has 5 nitrogen and oxygen atoms in total. The SMILES string of the molecule is CC(C)CC(NC(=O)C(C)(C)N(CC(C)C)CC(C)C)C(=O)O. The van der Waals surface area contributed by atoms with E-state index in [0.717, 1.165) is 13.1 Å². The highest BCUT2D eigenvalue weighted by Crippen LogP contribution is 2.19. The van der Waals surface area contributed by atoms with Crippen LogP contribution in [0.25, 0.3) is 0 Å². The lowest BCUT2D eigenvalue weighted by Gasteiger charge is -2.40. The van der Waals surface area contributed by atoms with E-state index in [-0.39, 0.29) is 11.8 Å². The molecule has 0 aromatic carbocycles. The van der Waals surface area contributed by atoms with Gasteiger partial charge in [0.2, 0.25) is 5.91 Å². The monoisotopic (exact) mass is 328 g/mol. The van der Waals surface area contributed by atoms with E-state index in [1.54, 1.807) is 0 Å². The molecule has 136 valence electrons. The Morgan fingerprint density at radius 3 is 1.70 bits per heavy atom. The van der Waals surface area contributed by atoms with E-state index in [0.29, 0.717) is 18.3 Å². The fraction of sp³-hybridized carbons (Fsp3) is 0.889. The van der Waals surface area contributed by atoms with Crippen molar-refractivity contribution < 1.29 is 14.7 Å². The summed E-state index contributed by atoms with van der Waals surface area (Å²) >= 11 is 0. The number of aliphatic carboxylic acids is 1. The third-order valence-electron chi connectivity index (χ3n) is 3.83. The van der Waals surface area contributed by atoms with Gasteiger partial charge in [-0.1, -0.05) is 41.5 Å². The van der Waals surface area contributed by atoms with Gasteiger partial charge in [-0.25, -0.2) is 4.79 Å². The van der Waals surface area contributed by atoms with Crippen molar-refractivity contribution in [3.63, 3.8) is 0 Å². The van der Waals surface area contributed by atoms with Gasteiger partial charge in [0.1, 0.15) is 6.04 Å². The molecular formula is C18H36N2O3. The van der Waals surface area contributed by atoms with Crippen molar-refractivity contribution in [2.75, 3.05) is 13.1 Å². The van der Waals surface area contributed by atoms with Crippen LogP contribution in [0.3, 0.4) is 0 Å². The summed E-state index contributed by atoms with van der Waals surface area (Å²) in [5.74, 6) is -0.102. The highest BCUT2D eigenvalue weighted by Gasteiger charge is 2.37. The number of nitrogens with zero attached hydrogens (tertiary/aromatic N) is 1. The summed E-state index contributed by atoms with van der Waals surface area (Å²) in [6, 6.07) is -0.832. The molecule has 1 amide bonds. The lowest BCUT2D eigenvalue weighted by Crippen LogP contribution is -2.59. The largest absolute Gasteiger partial charge is 0.480 e. The second-order valence-corrected chi connectivity index (χ2v) is 8.25. The number of carbonyl (C=O) groups excluding carboxylic acids is 1. The molecule has 0 saturated carbocycles. The summed E-state index contributed by atoms with van der Waals surface area (Å²) in [6.07, 6.45) is 0.436. The summed E-state index contributed by atoms with van der Waals surface area (Å²) < 4.78 is 0. The van der Waals surface area contributed by atoms with E-state index in [1.807, 2.05) is 27.7 Å². The van der Waals surface area contributed by atoms with Crippen LogP contribution in [0.2, 0.25) is 0 Å². The maximum Gasteiger partial charge on any atom is 0.326 e. The Bertz CT molecular complexity index is 380. The minimum absolute atomic E-state index is 0.210. The molecule has 2 N–H and O–H groups in total. The molecular weight excluding hydrogens is 292 g/mol. The van der Waals surface area contributed by atoms with E-state index in [4.69, 9.17) is 0 Å². The summed E-state index contributed by atoms with van der Waals surface area (Å²) in [5.41, 5.74) is -0.737. The van der Waals surface area contributed by atoms with Gasteiger partial charge >= 0.3 is 5.97 Å². The molecule has 0 aliphatic rings. The number of amides is 1. The molecule has 1 atom stereocenters. The fourth-order valence-corrected chi connectivity index (χ4v) is 2.58. The highest BCUT2D eigenvalue weighted by atomic mass is 16.4. The average Bonchev–Trinajstić information content (AvgIpc) is 2.35. The number of rotatable bonds is 10. The standard InChI is InChI=1S/C18H36N2O3/c1-12(2)9-15(16(21)22)19-17(23)18(7,8)20(10-13(3)4)11-14(5)6/h12-15H,9-11H2,1-8H3,(H,19,23)(H,21,22). The number of carboxylic acid groups (broad SMARTS) is 1. The van der Waals surface area contributed by atoms with Gasteiger partial charge in [0.15, 0.2) is 0 Å². The van der Waals surface area contributed by atoms with E-state index in [2.05, 4.69) is 37.9 Å². The fourth-order valence-electron chi connectivity index (χ4n) is 2.58. The Balaban J connectivity index is 5.16. The van der Waals surface area contributed by atoms with Crippen LogP contribution < -0.4 is 5.32 Å². The van der Waals surface area contributed by atoms with Gasteiger partial charge in [-0.05, 0) is 38.0 Å². The van der Waals surface area contributed by atoms with Crippen LogP contribution in [0.1, 0.15) is 61.8 Å². The zero-order chi connectivity index (χ0) is 18.4. The third-order valence-corrected chi connectivity index (χ3v) is 3.83. The molecule has 1 unspecified atom stereocenters. The van der Waals surface area contributed by atoms with Gasteiger partial charge in [0.25, 0.3) is 0 Å². The third kappa shape index (κ3) is 7.82. The first-order chi connectivity index (χ1) is 10.4. The molecule has 0 heterocycles. The summed E-state index contributed by atoms with van der Waals surface area (Å²) in [5, 5.41) is 12.1. The molecule has 0 radical (unpaired) electrons. The van der Waals surface area contributed by atoms with Crippen LogP contribution in [0, 0.1) is 17.8 Å². The minimum Gasteiger partial charge on any atom is -0.480 e. The van der Waals surface area contributed by atoms with Gasteiger partial charge in [-0.3, -0.25) is 9.69 Å². The van der Waals surface area contributed by atoms with Gasteiger partial charge < -0.3 is 10.4 Å². The molecule has 0 spiro atoms. The second kappa shape index (κ2) is 9.26. The molecule has 0 fully saturated rings. The zero-order valence-electron chi connectivity index (χ0n) is 16.1. The summed E-state index contributed by atoms with van der Waals surface area (Å²) in [7, 11) is 0. The smallest absolute Gasteiger partial charge is 0.326 e. The van der Waals surface area contributed by atoms with Crippen LogP contribution in [0.15, 0.2) is 0 Å². The molecule has 0 bridgehead atoms. The zero-order valence-corrected chi connectivity index (χ0v) is 16.1. The predicted octanol–water partition coefficient (Wildman–Crippen LogP) is 2.99. The van der Waals surface area contributed by atoms with E-state index < -0.39 is 17.6 Å². The maximum atomic E-state index is 12.7. The first kappa shape index (κ1) is 21.9. The highest BCUT2D eigenvalue weighted by molar-refractivity contribution is 5.89. The topological polar surface area (TPSA) is 69.6 Å². The molecule has 0 aliphatic carbocycles. The Kier molecular flexibility index (Phi) is 8.82. The number of hydrogen-bond acceptors (Lipinski definition) is 3. The van der Waals surface area contributed by atoms with E-state index in [9.17, 15) is 14.7 Å². The Morgan fingerprint density at radius 1 is 0.957 bits per heavy atom. The van der Waals surface area contributed by atoms with Crippen LogP contribution >= 0.6 is 0 Å². The van der Waals surface area contributed by atoms with Crippen molar-refractivity contribution in [2.45, 2.75) is 73.4 Å². The van der Waals surface area contributed by atoms with Crippen LogP contribution in [-0.4, -0.2) is 46.6 Å². The van der Waals surface area contributed by atoms with Gasteiger partial charge in [-0.15, -0.1) is 0 Å². The number of carbonyl (C=O) groups is 2. The Hall–Kier alpha value is -1.10.